The van der Waals surface area contributed by atoms with E-state index in [9.17, 15) is 9.59 Å². The minimum absolute atomic E-state index is 0.00681. The zero-order chi connectivity index (χ0) is 14.9. The van der Waals surface area contributed by atoms with Gasteiger partial charge in [0.05, 0.1) is 0 Å². The maximum Gasteiger partial charge on any atom is 0.250 e. The van der Waals surface area contributed by atoms with Crippen molar-refractivity contribution in [1.82, 2.24) is 5.32 Å². The minimum Gasteiger partial charge on any atom is -0.342 e. The van der Waals surface area contributed by atoms with Crippen LogP contribution in [0.1, 0.15) is 37.8 Å². The van der Waals surface area contributed by atoms with E-state index in [2.05, 4.69) is 5.32 Å². The van der Waals surface area contributed by atoms with Crippen molar-refractivity contribution >= 4 is 17.5 Å². The van der Waals surface area contributed by atoms with E-state index in [-0.39, 0.29) is 11.8 Å². The fraction of sp³-hybridized carbons (Fsp3) is 0.500. The highest BCUT2D eigenvalue weighted by Crippen LogP contribution is 2.28. The van der Waals surface area contributed by atoms with Crippen LogP contribution in [0.5, 0.6) is 0 Å². The molecule has 1 aromatic rings. The molecule has 1 heterocycles. The van der Waals surface area contributed by atoms with E-state index in [0.717, 1.165) is 16.8 Å². The Morgan fingerprint density at radius 2 is 1.85 bits per heavy atom. The second-order valence-corrected chi connectivity index (χ2v) is 5.39. The molecule has 0 spiro atoms. The Bertz CT molecular complexity index is 539. The molecule has 1 N–H and O–H groups in total. The summed E-state index contributed by atoms with van der Waals surface area (Å²) in [4.78, 5) is 26.6. The van der Waals surface area contributed by atoms with Crippen LogP contribution in [0, 0.1) is 13.8 Å². The Hall–Kier alpha value is -1.84. The summed E-state index contributed by atoms with van der Waals surface area (Å²) in [6.45, 7) is 7.82. The summed E-state index contributed by atoms with van der Waals surface area (Å²) in [7, 11) is 0. The molecule has 1 saturated heterocycles. The number of benzene rings is 1. The van der Waals surface area contributed by atoms with Crippen molar-refractivity contribution in [3.63, 3.8) is 0 Å². The van der Waals surface area contributed by atoms with Crippen LogP contribution < -0.4 is 10.2 Å². The van der Waals surface area contributed by atoms with Crippen LogP contribution in [-0.2, 0) is 9.59 Å². The Kier molecular flexibility index (Phi) is 4.12. The van der Waals surface area contributed by atoms with Gasteiger partial charge in [0, 0.05) is 5.69 Å². The van der Waals surface area contributed by atoms with E-state index >= 15 is 0 Å². The number of nitrogens with one attached hydrogen (secondary N) is 1. The number of piperazine rings is 1. The van der Waals surface area contributed by atoms with Crippen molar-refractivity contribution in [2.45, 2.75) is 52.6 Å². The van der Waals surface area contributed by atoms with E-state index in [0.29, 0.717) is 12.8 Å². The first-order chi connectivity index (χ1) is 9.49. The predicted molar refractivity (Wildman–Crippen MR) is 79.7 cm³/mol. The number of hydrogen-bond donors (Lipinski definition) is 1. The molecule has 108 valence electrons. The maximum atomic E-state index is 12.6. The molecule has 2 amide bonds. The lowest BCUT2D eigenvalue weighted by atomic mass is 10.00. The lowest BCUT2D eigenvalue weighted by Crippen LogP contribution is -2.63. The normalized spacial score (nSPS) is 22.9. The van der Waals surface area contributed by atoms with Crippen molar-refractivity contribution in [2.24, 2.45) is 0 Å². The van der Waals surface area contributed by atoms with Gasteiger partial charge in [-0.3, -0.25) is 14.5 Å². The zero-order valence-corrected chi connectivity index (χ0v) is 12.6. The molecule has 0 radical (unpaired) electrons. The number of carbonyl (C=O) groups excluding carboxylic acids is 2. The molecule has 2 atom stereocenters. The molecule has 1 aliphatic rings. The van der Waals surface area contributed by atoms with Crippen molar-refractivity contribution in [3.8, 4) is 0 Å². The molecule has 1 aliphatic heterocycles. The average Bonchev–Trinajstić information content (AvgIpc) is 2.43. The molecular formula is C16H22N2O2. The summed E-state index contributed by atoms with van der Waals surface area (Å²) in [5, 5.41) is 2.82. The summed E-state index contributed by atoms with van der Waals surface area (Å²) in [6.07, 6.45) is 1.23. The van der Waals surface area contributed by atoms with Gasteiger partial charge in [0.15, 0.2) is 0 Å². The second kappa shape index (κ2) is 5.65. The Labute approximate surface area is 120 Å². The van der Waals surface area contributed by atoms with Gasteiger partial charge in [-0.05, 0) is 43.9 Å². The van der Waals surface area contributed by atoms with Crippen LogP contribution in [0.25, 0.3) is 0 Å². The number of carbonyl (C=O) groups is 2. The summed E-state index contributed by atoms with van der Waals surface area (Å²) >= 11 is 0. The molecule has 2 unspecified atom stereocenters. The number of hydrogen-bond acceptors (Lipinski definition) is 2. The van der Waals surface area contributed by atoms with Crippen molar-refractivity contribution < 1.29 is 9.59 Å². The van der Waals surface area contributed by atoms with E-state index in [1.807, 2.05) is 45.9 Å². The lowest BCUT2D eigenvalue weighted by molar-refractivity contribution is -0.134. The largest absolute Gasteiger partial charge is 0.342 e. The summed E-state index contributed by atoms with van der Waals surface area (Å²) < 4.78 is 0. The third kappa shape index (κ3) is 2.42. The first-order valence-electron chi connectivity index (χ1n) is 7.20. The van der Waals surface area contributed by atoms with Crippen LogP contribution in [0.4, 0.5) is 5.69 Å². The number of nitrogens with zero attached hydrogens (tertiary/aromatic N) is 1. The van der Waals surface area contributed by atoms with E-state index in [1.165, 1.54) is 0 Å². The molecule has 0 bridgehead atoms. The number of anilines is 1. The highest BCUT2D eigenvalue weighted by atomic mass is 16.2. The molecule has 4 heteroatoms. The molecular weight excluding hydrogens is 252 g/mol. The smallest absolute Gasteiger partial charge is 0.250 e. The molecule has 0 aromatic heterocycles. The standard InChI is InChI=1S/C16H22N2O2/c1-5-12-16(20)18(13(6-2)15(19)17-12)14-9-10(3)7-8-11(14)4/h7-9,12-13H,5-6H2,1-4H3,(H,17,19). The number of rotatable bonds is 3. The van der Waals surface area contributed by atoms with Crippen molar-refractivity contribution in [2.75, 3.05) is 4.90 Å². The van der Waals surface area contributed by atoms with Gasteiger partial charge < -0.3 is 5.32 Å². The van der Waals surface area contributed by atoms with Gasteiger partial charge in [-0.25, -0.2) is 0 Å². The minimum atomic E-state index is -0.412. The van der Waals surface area contributed by atoms with Gasteiger partial charge >= 0.3 is 0 Å². The molecule has 0 aliphatic carbocycles. The Morgan fingerprint density at radius 1 is 1.15 bits per heavy atom. The molecule has 4 nitrogen and oxygen atoms in total. The van der Waals surface area contributed by atoms with Crippen molar-refractivity contribution in [1.29, 1.82) is 0 Å². The summed E-state index contributed by atoms with van der Waals surface area (Å²) in [6, 6.07) is 5.18. The van der Waals surface area contributed by atoms with Gasteiger partial charge in [0.25, 0.3) is 0 Å². The van der Waals surface area contributed by atoms with Gasteiger partial charge in [0.2, 0.25) is 11.8 Å². The SMILES string of the molecule is CCC1NC(=O)C(CC)N(c2cc(C)ccc2C)C1=O. The van der Waals surface area contributed by atoms with Crippen molar-refractivity contribution in [3.05, 3.63) is 29.3 Å². The number of aryl methyl sites for hydroxylation is 2. The fourth-order valence-electron chi connectivity index (χ4n) is 2.68. The van der Waals surface area contributed by atoms with Crippen LogP contribution in [-0.4, -0.2) is 23.9 Å². The lowest BCUT2D eigenvalue weighted by Gasteiger charge is -2.39. The van der Waals surface area contributed by atoms with Gasteiger partial charge in [0.1, 0.15) is 12.1 Å². The molecule has 1 fully saturated rings. The monoisotopic (exact) mass is 274 g/mol. The van der Waals surface area contributed by atoms with Crippen LogP contribution in [0.3, 0.4) is 0 Å². The zero-order valence-electron chi connectivity index (χ0n) is 12.6. The number of amides is 2. The van der Waals surface area contributed by atoms with Crippen LogP contribution >= 0.6 is 0 Å². The Morgan fingerprint density at radius 3 is 2.45 bits per heavy atom. The molecule has 1 aromatic carbocycles. The van der Waals surface area contributed by atoms with E-state index in [1.54, 1.807) is 4.90 Å². The van der Waals surface area contributed by atoms with Gasteiger partial charge in [-0.15, -0.1) is 0 Å². The van der Waals surface area contributed by atoms with Crippen LogP contribution in [0.15, 0.2) is 18.2 Å². The van der Waals surface area contributed by atoms with Gasteiger partial charge in [-0.1, -0.05) is 26.0 Å². The fourth-order valence-corrected chi connectivity index (χ4v) is 2.68. The summed E-state index contributed by atoms with van der Waals surface area (Å²) in [5.74, 6) is -0.0625. The maximum absolute atomic E-state index is 12.6. The molecule has 0 saturated carbocycles. The second-order valence-electron chi connectivity index (χ2n) is 5.39. The first-order valence-corrected chi connectivity index (χ1v) is 7.20. The van der Waals surface area contributed by atoms with E-state index < -0.39 is 12.1 Å². The highest BCUT2D eigenvalue weighted by molar-refractivity contribution is 6.08. The molecule has 20 heavy (non-hydrogen) atoms. The third-order valence-electron chi connectivity index (χ3n) is 3.89. The first kappa shape index (κ1) is 14.6. The summed E-state index contributed by atoms with van der Waals surface area (Å²) in [5.41, 5.74) is 2.97. The quantitative estimate of drug-likeness (QED) is 0.919. The van der Waals surface area contributed by atoms with Crippen LogP contribution in [0.2, 0.25) is 0 Å². The molecule has 2 rings (SSSR count). The van der Waals surface area contributed by atoms with Gasteiger partial charge in [-0.2, -0.15) is 0 Å². The topological polar surface area (TPSA) is 49.4 Å². The third-order valence-corrected chi connectivity index (χ3v) is 3.89. The predicted octanol–water partition coefficient (Wildman–Crippen LogP) is 2.32. The highest BCUT2D eigenvalue weighted by Gasteiger charge is 2.40. The Balaban J connectivity index is 2.50. The van der Waals surface area contributed by atoms with E-state index in [4.69, 9.17) is 0 Å². The average molecular weight is 274 g/mol.